The van der Waals surface area contributed by atoms with Gasteiger partial charge in [0.15, 0.2) is 0 Å². The second-order valence-electron chi connectivity index (χ2n) is 3.65. The van der Waals surface area contributed by atoms with Gasteiger partial charge >= 0.3 is 5.97 Å². The number of ether oxygens (including phenoxy) is 1. The van der Waals surface area contributed by atoms with Gasteiger partial charge in [0.1, 0.15) is 5.69 Å². The third-order valence-corrected chi connectivity index (χ3v) is 2.61. The highest BCUT2D eigenvalue weighted by atomic mass is 35.5. The molecule has 0 spiro atoms. The number of hydrogen-bond acceptors (Lipinski definition) is 2. The lowest BCUT2D eigenvalue weighted by Gasteiger charge is -2.09. The van der Waals surface area contributed by atoms with Gasteiger partial charge in [-0.3, -0.25) is 0 Å². The van der Waals surface area contributed by atoms with Gasteiger partial charge in [-0.1, -0.05) is 11.6 Å². The first-order valence-corrected chi connectivity index (χ1v) is 5.62. The molecule has 1 aromatic rings. The van der Waals surface area contributed by atoms with Crippen molar-refractivity contribution in [3.8, 4) is 0 Å². The van der Waals surface area contributed by atoms with Crippen LogP contribution in [0.25, 0.3) is 0 Å². The van der Waals surface area contributed by atoms with Crippen LogP contribution in [0.3, 0.4) is 0 Å². The molecule has 1 rings (SSSR count). The Morgan fingerprint density at radius 2 is 2.31 bits per heavy atom. The molecule has 0 fully saturated rings. The maximum absolute atomic E-state index is 11.7. The van der Waals surface area contributed by atoms with Crippen LogP contribution in [-0.2, 0) is 11.3 Å². The van der Waals surface area contributed by atoms with E-state index in [0.717, 1.165) is 11.1 Å². The number of aromatic nitrogens is 1. The molecule has 0 aliphatic carbocycles. The number of aryl methyl sites for hydroxylation is 1. The number of halogens is 1. The van der Waals surface area contributed by atoms with E-state index in [2.05, 4.69) is 0 Å². The van der Waals surface area contributed by atoms with Gasteiger partial charge in [-0.2, -0.15) is 0 Å². The standard InChI is InChI=1S/C12H16ClNO2/c1-4-16-12(15)11-10(3)5-6-14(11)8-9(2)7-13/h5-7H,4,8H2,1-3H3/b9-7+. The molecule has 0 N–H and O–H groups in total. The summed E-state index contributed by atoms with van der Waals surface area (Å²) in [6, 6.07) is 1.90. The summed E-state index contributed by atoms with van der Waals surface area (Å²) in [6.07, 6.45) is 1.87. The van der Waals surface area contributed by atoms with Gasteiger partial charge in [0.2, 0.25) is 0 Å². The van der Waals surface area contributed by atoms with Crippen LogP contribution in [0.4, 0.5) is 0 Å². The highest BCUT2D eigenvalue weighted by Gasteiger charge is 2.15. The second kappa shape index (κ2) is 5.75. The van der Waals surface area contributed by atoms with Crippen LogP contribution < -0.4 is 0 Å². The van der Waals surface area contributed by atoms with Gasteiger partial charge in [0.25, 0.3) is 0 Å². The van der Waals surface area contributed by atoms with Gasteiger partial charge in [0.05, 0.1) is 6.61 Å². The summed E-state index contributed by atoms with van der Waals surface area (Å²) < 4.78 is 6.86. The van der Waals surface area contributed by atoms with Crippen molar-refractivity contribution in [3.63, 3.8) is 0 Å². The molecule has 0 bridgehead atoms. The summed E-state index contributed by atoms with van der Waals surface area (Å²) in [5.74, 6) is -0.285. The Balaban J connectivity index is 2.98. The highest BCUT2D eigenvalue weighted by Crippen LogP contribution is 2.14. The number of carbonyl (C=O) groups excluding carboxylic acids is 1. The van der Waals surface area contributed by atoms with Crippen molar-refractivity contribution in [1.82, 2.24) is 4.57 Å². The van der Waals surface area contributed by atoms with Crippen molar-refractivity contribution in [3.05, 3.63) is 34.6 Å². The molecular weight excluding hydrogens is 226 g/mol. The van der Waals surface area contributed by atoms with E-state index >= 15 is 0 Å². The SMILES string of the molecule is CCOC(=O)c1c(C)ccn1C/C(C)=C/Cl. The van der Waals surface area contributed by atoms with E-state index in [9.17, 15) is 4.79 Å². The quantitative estimate of drug-likeness (QED) is 0.759. The lowest BCUT2D eigenvalue weighted by molar-refractivity contribution is 0.0513. The first-order chi connectivity index (χ1) is 7.60. The molecule has 0 unspecified atom stereocenters. The minimum absolute atomic E-state index is 0.285. The number of hydrogen-bond donors (Lipinski definition) is 0. The Hall–Kier alpha value is -1.22. The van der Waals surface area contributed by atoms with E-state index in [1.807, 2.05) is 30.7 Å². The largest absolute Gasteiger partial charge is 0.461 e. The van der Waals surface area contributed by atoms with Crippen molar-refractivity contribution >= 4 is 17.6 Å². The van der Waals surface area contributed by atoms with Gasteiger partial charge in [-0.15, -0.1) is 0 Å². The van der Waals surface area contributed by atoms with Crippen LogP contribution in [0.1, 0.15) is 29.9 Å². The normalized spacial score (nSPS) is 11.6. The van der Waals surface area contributed by atoms with Gasteiger partial charge < -0.3 is 9.30 Å². The molecule has 0 aromatic carbocycles. The fourth-order valence-corrected chi connectivity index (χ4v) is 1.56. The van der Waals surface area contributed by atoms with E-state index < -0.39 is 0 Å². The fourth-order valence-electron chi connectivity index (χ4n) is 1.49. The average molecular weight is 242 g/mol. The topological polar surface area (TPSA) is 31.2 Å². The molecule has 0 saturated heterocycles. The summed E-state index contributed by atoms with van der Waals surface area (Å²) in [4.78, 5) is 11.7. The Kier molecular flexibility index (Phi) is 4.62. The molecule has 0 aliphatic heterocycles. The van der Waals surface area contributed by atoms with Gasteiger partial charge in [0, 0.05) is 18.3 Å². The molecule has 4 heteroatoms. The van der Waals surface area contributed by atoms with Crippen LogP contribution in [0, 0.1) is 6.92 Å². The van der Waals surface area contributed by atoms with E-state index in [1.54, 1.807) is 6.92 Å². The Bertz CT molecular complexity index is 407. The van der Waals surface area contributed by atoms with E-state index in [-0.39, 0.29) is 5.97 Å². The van der Waals surface area contributed by atoms with E-state index in [1.165, 1.54) is 5.54 Å². The van der Waals surface area contributed by atoms with Crippen molar-refractivity contribution < 1.29 is 9.53 Å². The van der Waals surface area contributed by atoms with E-state index in [0.29, 0.717) is 18.8 Å². The maximum Gasteiger partial charge on any atom is 0.355 e. The van der Waals surface area contributed by atoms with Crippen molar-refractivity contribution in [2.75, 3.05) is 6.61 Å². The molecule has 1 aromatic heterocycles. The Labute approximate surface area is 101 Å². The smallest absolute Gasteiger partial charge is 0.355 e. The zero-order valence-electron chi connectivity index (χ0n) is 9.79. The second-order valence-corrected chi connectivity index (χ2v) is 3.87. The molecule has 0 amide bonds. The average Bonchev–Trinajstić information content (AvgIpc) is 2.60. The highest BCUT2D eigenvalue weighted by molar-refractivity contribution is 6.25. The predicted octanol–water partition coefficient (Wildman–Crippen LogP) is 3.12. The molecule has 0 radical (unpaired) electrons. The Morgan fingerprint density at radius 3 is 2.88 bits per heavy atom. The molecule has 16 heavy (non-hydrogen) atoms. The third-order valence-electron chi connectivity index (χ3n) is 2.24. The number of esters is 1. The zero-order chi connectivity index (χ0) is 12.1. The summed E-state index contributed by atoms with van der Waals surface area (Å²) in [5, 5.41) is 0. The lowest BCUT2D eigenvalue weighted by Crippen LogP contribution is -2.13. The van der Waals surface area contributed by atoms with Gasteiger partial charge in [-0.05, 0) is 38.0 Å². The van der Waals surface area contributed by atoms with Crippen molar-refractivity contribution in [1.29, 1.82) is 0 Å². The number of rotatable bonds is 4. The van der Waals surface area contributed by atoms with Crippen molar-refractivity contribution in [2.24, 2.45) is 0 Å². The van der Waals surface area contributed by atoms with Crippen LogP contribution in [0.15, 0.2) is 23.4 Å². The zero-order valence-corrected chi connectivity index (χ0v) is 10.5. The van der Waals surface area contributed by atoms with Crippen molar-refractivity contribution in [2.45, 2.75) is 27.3 Å². The minimum Gasteiger partial charge on any atom is -0.461 e. The number of nitrogens with zero attached hydrogens (tertiary/aromatic N) is 1. The monoisotopic (exact) mass is 241 g/mol. The molecule has 88 valence electrons. The summed E-state index contributed by atoms with van der Waals surface area (Å²) >= 11 is 5.61. The number of carbonyl (C=O) groups is 1. The first kappa shape index (κ1) is 12.8. The third kappa shape index (κ3) is 2.89. The molecule has 0 atom stereocenters. The van der Waals surface area contributed by atoms with Crippen LogP contribution in [0.5, 0.6) is 0 Å². The van der Waals surface area contributed by atoms with Crippen LogP contribution in [0.2, 0.25) is 0 Å². The molecular formula is C12H16ClNO2. The summed E-state index contributed by atoms with van der Waals surface area (Å²) in [5.41, 5.74) is 4.02. The maximum atomic E-state index is 11.7. The Morgan fingerprint density at radius 1 is 1.62 bits per heavy atom. The first-order valence-electron chi connectivity index (χ1n) is 5.18. The fraction of sp³-hybridized carbons (Fsp3) is 0.417. The predicted molar refractivity (Wildman–Crippen MR) is 64.7 cm³/mol. The summed E-state index contributed by atoms with van der Waals surface area (Å²) in [7, 11) is 0. The molecule has 1 heterocycles. The number of allylic oxidation sites excluding steroid dienone is 1. The van der Waals surface area contributed by atoms with E-state index in [4.69, 9.17) is 16.3 Å². The van der Waals surface area contributed by atoms with Crippen LogP contribution in [-0.4, -0.2) is 17.1 Å². The lowest BCUT2D eigenvalue weighted by atomic mass is 10.2. The van der Waals surface area contributed by atoms with Gasteiger partial charge in [-0.25, -0.2) is 4.79 Å². The van der Waals surface area contributed by atoms with Crippen LogP contribution >= 0.6 is 11.6 Å². The molecule has 3 nitrogen and oxygen atoms in total. The summed E-state index contributed by atoms with van der Waals surface area (Å²) in [6.45, 7) is 6.59. The molecule has 0 aliphatic rings. The minimum atomic E-state index is -0.285. The molecule has 0 saturated carbocycles.